The molecular formula is C31H36F5N7O2. The number of hydrogen-bond donors (Lipinski definition) is 0. The first-order valence-corrected chi connectivity index (χ1v) is 14.8. The number of benzene rings is 1. The molecule has 2 fully saturated rings. The number of nitrogens with zero attached hydrogens (tertiary/aromatic N) is 7. The fraction of sp³-hybridized carbons (Fsp3) is 0.548. The summed E-state index contributed by atoms with van der Waals surface area (Å²) in [6.45, 7) is 13.7. The summed E-state index contributed by atoms with van der Waals surface area (Å²) in [7, 11) is 3.95. The van der Waals surface area contributed by atoms with Crippen molar-refractivity contribution < 1.29 is 31.5 Å². The molecule has 2 aliphatic heterocycles. The Balaban J connectivity index is 1.53. The van der Waals surface area contributed by atoms with Gasteiger partial charge in [0.05, 0.1) is 30.1 Å². The van der Waals surface area contributed by atoms with Crippen molar-refractivity contribution in [3.63, 3.8) is 0 Å². The Morgan fingerprint density at radius 2 is 1.98 bits per heavy atom. The summed E-state index contributed by atoms with van der Waals surface area (Å²) >= 11 is 0. The highest BCUT2D eigenvalue weighted by atomic mass is 19.4. The van der Waals surface area contributed by atoms with Gasteiger partial charge in [-0.15, -0.1) is 0 Å². The molecule has 2 aromatic rings. The Labute approximate surface area is 259 Å². The van der Waals surface area contributed by atoms with E-state index in [0.717, 1.165) is 37.6 Å². The Morgan fingerprint density at radius 1 is 1.24 bits per heavy atom. The van der Waals surface area contributed by atoms with Gasteiger partial charge >= 0.3 is 12.2 Å². The number of piperazine rings is 1. The predicted octanol–water partition coefficient (Wildman–Crippen LogP) is 4.73. The van der Waals surface area contributed by atoms with E-state index in [4.69, 9.17) is 16.3 Å². The molecule has 14 heteroatoms. The van der Waals surface area contributed by atoms with Crippen LogP contribution in [0.1, 0.15) is 36.6 Å². The second-order valence-corrected chi connectivity index (χ2v) is 12.4. The lowest BCUT2D eigenvalue weighted by Gasteiger charge is -2.42. The van der Waals surface area contributed by atoms with Crippen LogP contribution in [0.4, 0.5) is 33.5 Å². The number of hydrogen-bond acceptors (Lipinski definition) is 7. The number of rotatable bonds is 9. The second-order valence-electron chi connectivity index (χ2n) is 12.4. The number of para-hydroxylation sites is 1. The highest BCUT2D eigenvalue weighted by molar-refractivity contribution is 5.91. The second kappa shape index (κ2) is 12.4. The van der Waals surface area contributed by atoms with Crippen LogP contribution in [0.2, 0.25) is 0 Å². The summed E-state index contributed by atoms with van der Waals surface area (Å²) in [6, 6.07) is 1.76. The summed E-state index contributed by atoms with van der Waals surface area (Å²) in [6.07, 6.45) is -2.63. The van der Waals surface area contributed by atoms with E-state index in [0.29, 0.717) is 23.7 Å². The maximum absolute atomic E-state index is 15.1. The summed E-state index contributed by atoms with van der Waals surface area (Å²) < 4.78 is 77.0. The third kappa shape index (κ3) is 6.83. The molecule has 3 aliphatic rings. The van der Waals surface area contributed by atoms with Crippen LogP contribution in [0.5, 0.6) is 6.01 Å². The highest BCUT2D eigenvalue weighted by Crippen LogP contribution is 2.46. The molecule has 9 nitrogen and oxygen atoms in total. The number of amides is 1. The molecule has 0 spiro atoms. The Bertz CT molecular complexity index is 1500. The number of carbonyl (C=O) groups is 1. The zero-order valence-corrected chi connectivity index (χ0v) is 25.5. The third-order valence-electron chi connectivity index (χ3n) is 8.67. The van der Waals surface area contributed by atoms with Gasteiger partial charge in [-0.1, -0.05) is 12.6 Å². The fourth-order valence-corrected chi connectivity index (χ4v) is 6.37. The summed E-state index contributed by atoms with van der Waals surface area (Å²) in [5.74, 6) is -2.49. The molecule has 45 heavy (non-hydrogen) atoms. The van der Waals surface area contributed by atoms with E-state index in [1.807, 2.05) is 19.0 Å². The van der Waals surface area contributed by atoms with Gasteiger partial charge in [0.2, 0.25) is 6.54 Å². The van der Waals surface area contributed by atoms with Crippen LogP contribution in [0.25, 0.3) is 4.85 Å². The van der Waals surface area contributed by atoms with Crippen LogP contribution in [-0.4, -0.2) is 91.2 Å². The van der Waals surface area contributed by atoms with E-state index in [9.17, 15) is 22.4 Å². The average Bonchev–Trinajstić information content (AvgIpc) is 3.73. The van der Waals surface area contributed by atoms with Crippen molar-refractivity contribution >= 4 is 17.4 Å². The molecular weight excluding hydrogens is 597 g/mol. The minimum atomic E-state index is -4.77. The molecule has 1 saturated carbocycles. The lowest BCUT2D eigenvalue weighted by atomic mass is 9.96. The van der Waals surface area contributed by atoms with E-state index >= 15 is 4.39 Å². The standard InChI is InChI=1S/C31H36F5N7O2/c1-19-13-22-25(16-43(19)26-23(31(34,35)36)7-6-8-24(26)33)38-29(45-18-30(9-10-30)17-40(4)5)39-27(22)41-11-12-42(28(44)20(2)32)21(15-41)14-37-3/h6-8,19,21H,2,9-18H2,1,4-5H3/t19-,21-/m0/s1. The molecule has 0 radical (unpaired) electrons. The van der Waals surface area contributed by atoms with Crippen LogP contribution in [0.15, 0.2) is 30.6 Å². The Kier molecular flexibility index (Phi) is 8.95. The van der Waals surface area contributed by atoms with Gasteiger partial charge in [-0.25, -0.2) is 15.4 Å². The summed E-state index contributed by atoms with van der Waals surface area (Å²) in [5, 5.41) is 0. The molecule has 1 aliphatic carbocycles. The number of carbonyl (C=O) groups excluding carboxylic acids is 1. The number of halogens is 5. The van der Waals surface area contributed by atoms with Crippen molar-refractivity contribution in [3.05, 3.63) is 64.7 Å². The lowest BCUT2D eigenvalue weighted by Crippen LogP contribution is -2.57. The fourth-order valence-electron chi connectivity index (χ4n) is 6.37. The quantitative estimate of drug-likeness (QED) is 0.225. The van der Waals surface area contributed by atoms with Crippen LogP contribution < -0.4 is 14.5 Å². The molecule has 242 valence electrons. The molecule has 1 aromatic carbocycles. The number of fused-ring (bicyclic) bond motifs is 1. The zero-order chi connectivity index (χ0) is 32.7. The number of alkyl halides is 3. The highest BCUT2D eigenvalue weighted by Gasteiger charge is 2.45. The maximum Gasteiger partial charge on any atom is 0.418 e. The van der Waals surface area contributed by atoms with Gasteiger partial charge in [-0.2, -0.15) is 23.1 Å². The van der Waals surface area contributed by atoms with Gasteiger partial charge < -0.3 is 29.2 Å². The maximum atomic E-state index is 15.1. The minimum absolute atomic E-state index is 0.0465. The summed E-state index contributed by atoms with van der Waals surface area (Å²) in [4.78, 5) is 31.9. The van der Waals surface area contributed by atoms with Gasteiger partial charge in [-0.3, -0.25) is 4.79 Å². The number of anilines is 2. The molecule has 5 rings (SSSR count). The number of ether oxygens (including phenoxy) is 1. The normalized spacial score (nSPS) is 20.9. The molecule has 1 aromatic heterocycles. The Hall–Kier alpha value is -3.99. The van der Waals surface area contributed by atoms with Gasteiger partial charge in [-0.05, 0) is 52.4 Å². The average molecular weight is 634 g/mol. The van der Waals surface area contributed by atoms with Gasteiger partial charge in [0, 0.05) is 43.2 Å². The van der Waals surface area contributed by atoms with Crippen molar-refractivity contribution in [2.24, 2.45) is 5.41 Å². The molecule has 0 N–H and O–H groups in total. The summed E-state index contributed by atoms with van der Waals surface area (Å²) in [5.41, 5.74) is -0.592. The van der Waals surface area contributed by atoms with E-state index in [2.05, 4.69) is 21.3 Å². The van der Waals surface area contributed by atoms with Gasteiger partial charge in [0.15, 0.2) is 5.83 Å². The van der Waals surface area contributed by atoms with Gasteiger partial charge in [0.1, 0.15) is 17.7 Å². The SMILES string of the molecule is [C-]#[N+]C[C@H]1CN(c2nc(OCC3(CN(C)C)CC3)nc3c2C[C@H](C)N(c2c(F)cccc2C(F)(F)F)C3)CCN1C(=O)C(=C)F. The Morgan fingerprint density at radius 3 is 2.60 bits per heavy atom. The molecule has 2 atom stereocenters. The monoisotopic (exact) mass is 633 g/mol. The first kappa shape index (κ1) is 32.4. The van der Waals surface area contributed by atoms with E-state index < -0.39 is 47.1 Å². The third-order valence-corrected chi connectivity index (χ3v) is 8.67. The van der Waals surface area contributed by atoms with Crippen molar-refractivity contribution in [2.75, 3.05) is 63.2 Å². The largest absolute Gasteiger partial charge is 0.463 e. The smallest absolute Gasteiger partial charge is 0.418 e. The van der Waals surface area contributed by atoms with Crippen molar-refractivity contribution in [2.45, 2.75) is 51.0 Å². The number of aromatic nitrogens is 2. The van der Waals surface area contributed by atoms with Crippen molar-refractivity contribution in [3.8, 4) is 6.01 Å². The lowest BCUT2D eigenvalue weighted by molar-refractivity contribution is -0.137. The van der Waals surface area contributed by atoms with E-state index in [1.165, 1.54) is 9.80 Å². The minimum Gasteiger partial charge on any atom is -0.463 e. The van der Waals surface area contributed by atoms with Crippen LogP contribution >= 0.6 is 0 Å². The zero-order valence-electron chi connectivity index (χ0n) is 25.5. The van der Waals surface area contributed by atoms with E-state index in [-0.39, 0.29) is 50.6 Å². The molecule has 3 heterocycles. The van der Waals surface area contributed by atoms with E-state index in [1.54, 1.807) is 6.92 Å². The van der Waals surface area contributed by atoms with Crippen LogP contribution in [0, 0.1) is 17.8 Å². The first-order valence-electron chi connectivity index (χ1n) is 14.8. The first-order chi connectivity index (χ1) is 21.2. The predicted molar refractivity (Wildman–Crippen MR) is 158 cm³/mol. The molecule has 1 amide bonds. The van der Waals surface area contributed by atoms with Gasteiger partial charge in [0.25, 0.3) is 5.91 Å². The molecule has 0 bridgehead atoms. The topological polar surface area (TPSA) is 69.4 Å². The molecule has 0 unspecified atom stereocenters. The molecule has 1 saturated heterocycles. The van der Waals surface area contributed by atoms with Crippen LogP contribution in [-0.2, 0) is 23.9 Å². The van der Waals surface area contributed by atoms with Crippen LogP contribution in [0.3, 0.4) is 0 Å². The van der Waals surface area contributed by atoms with Crippen molar-refractivity contribution in [1.82, 2.24) is 19.8 Å². The van der Waals surface area contributed by atoms with Crippen molar-refractivity contribution in [1.29, 1.82) is 0 Å².